The van der Waals surface area contributed by atoms with Crippen LogP contribution in [0.2, 0.25) is 0 Å². The molecule has 2 N–H and O–H groups in total. The van der Waals surface area contributed by atoms with Crippen molar-refractivity contribution in [3.63, 3.8) is 0 Å². The Hall–Kier alpha value is -4.10. The van der Waals surface area contributed by atoms with Gasteiger partial charge in [-0.05, 0) is 109 Å². The predicted molar refractivity (Wildman–Crippen MR) is 236 cm³/mol. The zero-order valence-electron chi connectivity index (χ0n) is 36.4. The van der Waals surface area contributed by atoms with Crippen molar-refractivity contribution in [3.05, 3.63) is 107 Å². The highest BCUT2D eigenvalue weighted by Crippen LogP contribution is 2.51. The summed E-state index contributed by atoms with van der Waals surface area (Å²) in [5.41, 5.74) is 1.39. The van der Waals surface area contributed by atoms with Crippen LogP contribution in [0.15, 0.2) is 94.7 Å². The first-order valence-corrected chi connectivity index (χ1v) is 24.4. The number of methoxy groups -OCH3 is 4. The first-order chi connectivity index (χ1) is 28.6. The molecule has 2 aliphatic heterocycles. The summed E-state index contributed by atoms with van der Waals surface area (Å²) in [6, 6.07) is 25.2. The molecule has 2 aliphatic rings. The summed E-state index contributed by atoms with van der Waals surface area (Å²) in [5.74, 6) is 1.37. The molecule has 4 aromatic carbocycles. The Morgan fingerprint density at radius 3 is 1.20 bits per heavy atom. The summed E-state index contributed by atoms with van der Waals surface area (Å²) in [6.07, 6.45) is 4.39. The lowest BCUT2D eigenvalue weighted by atomic mass is 9.69. The van der Waals surface area contributed by atoms with E-state index in [1.807, 2.05) is 62.4 Å². The molecule has 0 fully saturated rings. The molecule has 4 aromatic rings. The van der Waals surface area contributed by atoms with Crippen molar-refractivity contribution in [1.29, 1.82) is 0 Å². The highest BCUT2D eigenvalue weighted by molar-refractivity contribution is 7.91. The third-order valence-corrected chi connectivity index (χ3v) is 17.0. The van der Waals surface area contributed by atoms with Crippen molar-refractivity contribution in [2.24, 2.45) is 10.8 Å². The summed E-state index contributed by atoms with van der Waals surface area (Å²) >= 11 is 0. The number of sulfone groups is 2. The van der Waals surface area contributed by atoms with Gasteiger partial charge in [-0.1, -0.05) is 77.6 Å². The normalized spacial score (nSPS) is 25.2. The van der Waals surface area contributed by atoms with Crippen LogP contribution in [0.5, 0.6) is 23.0 Å². The van der Waals surface area contributed by atoms with Gasteiger partial charge in [-0.25, -0.2) is 16.8 Å². The molecule has 12 heteroatoms. The molecular formula is C48H64O10S2. The van der Waals surface area contributed by atoms with E-state index in [1.165, 1.54) is 0 Å². The highest BCUT2D eigenvalue weighted by atomic mass is 32.2. The van der Waals surface area contributed by atoms with Crippen molar-refractivity contribution in [2.45, 2.75) is 113 Å². The number of unbranched alkanes of at least 4 members (excludes halogenated alkanes) is 2. The van der Waals surface area contributed by atoms with Gasteiger partial charge in [-0.3, -0.25) is 0 Å². The summed E-state index contributed by atoms with van der Waals surface area (Å²) in [7, 11) is -0.868. The topological polar surface area (TPSA) is 146 Å². The second kappa shape index (κ2) is 19.7. The lowest BCUT2D eigenvalue weighted by molar-refractivity contribution is 0.0173. The summed E-state index contributed by atoms with van der Waals surface area (Å²) in [5, 5.41) is 23.6. The van der Waals surface area contributed by atoms with Crippen molar-refractivity contribution in [3.8, 4) is 23.0 Å². The maximum Gasteiger partial charge on any atom is 0.179 e. The summed E-state index contributed by atoms with van der Waals surface area (Å²) < 4.78 is 75.6. The Balaban J connectivity index is 0.000000228. The van der Waals surface area contributed by atoms with Gasteiger partial charge in [-0.2, -0.15) is 0 Å². The van der Waals surface area contributed by atoms with E-state index in [1.54, 1.807) is 64.8 Å². The number of aliphatic hydroxyl groups excluding tert-OH is 2. The zero-order chi connectivity index (χ0) is 43.9. The SMILES string of the molecule is CCCC[C@]1(CC)CS(=O)(=O)c2ccc(OC)cc2C(c2cccc(OC)c2)[C@H]1O.CCCC[C@]1(CC)CS(=O)(=O)c2ccc(OC)cc2[C@H](c2cccc(OC)c2)[C@@H]1O. The molecule has 6 atom stereocenters. The van der Waals surface area contributed by atoms with Crippen LogP contribution in [0.4, 0.5) is 0 Å². The van der Waals surface area contributed by atoms with E-state index in [0.717, 1.165) is 36.8 Å². The van der Waals surface area contributed by atoms with Crippen molar-refractivity contribution >= 4 is 19.7 Å². The van der Waals surface area contributed by atoms with Crippen LogP contribution in [0.1, 0.15) is 113 Å². The molecule has 0 bridgehead atoms. The van der Waals surface area contributed by atoms with Gasteiger partial charge in [0.25, 0.3) is 0 Å². The first kappa shape index (κ1) is 47.0. The van der Waals surface area contributed by atoms with E-state index in [0.29, 0.717) is 59.8 Å². The Bertz CT molecular complexity index is 2130. The largest absolute Gasteiger partial charge is 0.497 e. The van der Waals surface area contributed by atoms with Gasteiger partial charge in [0.05, 0.1) is 61.9 Å². The van der Waals surface area contributed by atoms with Crippen molar-refractivity contribution in [1.82, 2.24) is 0 Å². The fourth-order valence-corrected chi connectivity index (χ4v) is 13.9. The average Bonchev–Trinajstić information content (AvgIpc) is 3.38. The minimum atomic E-state index is -3.59. The quantitative estimate of drug-likeness (QED) is 0.126. The number of hydrogen-bond acceptors (Lipinski definition) is 10. The summed E-state index contributed by atoms with van der Waals surface area (Å²) in [4.78, 5) is 0.559. The Morgan fingerprint density at radius 1 is 0.533 bits per heavy atom. The number of aliphatic hydroxyl groups is 2. The van der Waals surface area contributed by atoms with E-state index < -0.39 is 54.5 Å². The van der Waals surface area contributed by atoms with E-state index >= 15 is 0 Å². The number of rotatable bonds is 14. The molecular weight excluding hydrogens is 801 g/mol. The Labute approximate surface area is 358 Å². The van der Waals surface area contributed by atoms with Crippen LogP contribution in [0.25, 0.3) is 0 Å². The molecule has 0 radical (unpaired) electrons. The van der Waals surface area contributed by atoms with Gasteiger partial charge in [0, 0.05) is 22.7 Å². The van der Waals surface area contributed by atoms with E-state index in [4.69, 9.17) is 18.9 Å². The van der Waals surface area contributed by atoms with Crippen LogP contribution in [0.3, 0.4) is 0 Å². The average molecular weight is 865 g/mol. The lowest BCUT2D eigenvalue weighted by Crippen LogP contribution is -2.42. The van der Waals surface area contributed by atoms with Crippen LogP contribution in [-0.2, 0) is 19.7 Å². The molecule has 0 aliphatic carbocycles. The van der Waals surface area contributed by atoms with Crippen LogP contribution >= 0.6 is 0 Å². The lowest BCUT2D eigenvalue weighted by Gasteiger charge is -2.39. The van der Waals surface area contributed by atoms with Gasteiger partial charge in [0.1, 0.15) is 23.0 Å². The van der Waals surface area contributed by atoms with Crippen molar-refractivity contribution in [2.75, 3.05) is 39.9 Å². The number of ether oxygens (including phenoxy) is 4. The van der Waals surface area contributed by atoms with Crippen LogP contribution in [-0.4, -0.2) is 79.2 Å². The molecule has 0 amide bonds. The van der Waals surface area contributed by atoms with Gasteiger partial charge in [0.2, 0.25) is 0 Å². The van der Waals surface area contributed by atoms with Crippen molar-refractivity contribution < 1.29 is 46.0 Å². The Morgan fingerprint density at radius 2 is 0.883 bits per heavy atom. The second-order valence-corrected chi connectivity index (χ2v) is 20.3. The summed E-state index contributed by atoms with van der Waals surface area (Å²) in [6.45, 7) is 8.13. The monoisotopic (exact) mass is 864 g/mol. The minimum absolute atomic E-state index is 0.0581. The first-order valence-electron chi connectivity index (χ1n) is 21.1. The molecule has 0 saturated heterocycles. The van der Waals surface area contributed by atoms with Gasteiger partial charge >= 0.3 is 0 Å². The Kier molecular flexibility index (Phi) is 15.4. The number of fused-ring (bicyclic) bond motifs is 2. The second-order valence-electron chi connectivity index (χ2n) is 16.4. The fraction of sp³-hybridized carbons (Fsp3) is 0.500. The smallest absolute Gasteiger partial charge is 0.179 e. The molecule has 6 rings (SSSR count). The third-order valence-electron chi connectivity index (χ3n) is 13.0. The molecule has 60 heavy (non-hydrogen) atoms. The molecule has 328 valence electrons. The maximum atomic E-state index is 13.5. The molecule has 10 nitrogen and oxygen atoms in total. The third kappa shape index (κ3) is 9.52. The molecule has 2 heterocycles. The molecule has 0 spiro atoms. The molecule has 1 unspecified atom stereocenters. The van der Waals surface area contributed by atoms with Gasteiger partial charge in [-0.15, -0.1) is 0 Å². The maximum absolute atomic E-state index is 13.5. The molecule has 0 aromatic heterocycles. The van der Waals surface area contributed by atoms with E-state index in [2.05, 4.69) is 13.8 Å². The fourth-order valence-electron chi connectivity index (χ4n) is 9.36. The van der Waals surface area contributed by atoms with E-state index in [-0.39, 0.29) is 21.3 Å². The van der Waals surface area contributed by atoms with Crippen LogP contribution < -0.4 is 18.9 Å². The van der Waals surface area contributed by atoms with Gasteiger partial charge in [0.15, 0.2) is 19.7 Å². The van der Waals surface area contributed by atoms with Crippen LogP contribution in [0, 0.1) is 10.8 Å². The minimum Gasteiger partial charge on any atom is -0.497 e. The molecule has 0 saturated carbocycles. The number of benzene rings is 4. The predicted octanol–water partition coefficient (Wildman–Crippen LogP) is 9.14. The number of hydrogen-bond donors (Lipinski definition) is 2. The van der Waals surface area contributed by atoms with Gasteiger partial charge < -0.3 is 29.2 Å². The highest BCUT2D eigenvalue weighted by Gasteiger charge is 2.50. The standard InChI is InChI=1S/2C24H32O5S/c2*1-5-7-13-24(6-2)16-30(26,27)21-12-11-19(29-4)15-20(21)22(23(24)25)17-9-8-10-18(14-17)28-3/h2*8-12,14-15,22-23,25H,5-7,13,16H2,1-4H3/t22?,23-,24-;22-,23-,24+/m10/s1. The zero-order valence-corrected chi connectivity index (χ0v) is 38.1. The van der Waals surface area contributed by atoms with E-state index in [9.17, 15) is 27.0 Å².